The number of nitrogens with one attached hydrogen (secondary N) is 3. The van der Waals surface area contributed by atoms with Gasteiger partial charge in [-0.25, -0.2) is 4.79 Å². The summed E-state index contributed by atoms with van der Waals surface area (Å²) in [4.78, 5) is 60.3. The fourth-order valence-corrected chi connectivity index (χ4v) is 3.33. The van der Waals surface area contributed by atoms with Gasteiger partial charge in [-0.2, -0.15) is 12.6 Å². The predicted molar refractivity (Wildman–Crippen MR) is 129 cm³/mol. The van der Waals surface area contributed by atoms with Crippen LogP contribution in [0.2, 0.25) is 0 Å². The van der Waals surface area contributed by atoms with Crippen LogP contribution in [0.3, 0.4) is 0 Å². The number of hydrogen-bond donors (Lipinski definition) is 8. The highest BCUT2D eigenvalue weighted by atomic mass is 32.1. The van der Waals surface area contributed by atoms with Crippen LogP contribution in [0.25, 0.3) is 0 Å². The number of benzene rings is 1. The minimum atomic E-state index is -1.40. The van der Waals surface area contributed by atoms with E-state index in [1.54, 1.807) is 13.8 Å². The fraction of sp³-hybridized carbons (Fsp3) is 0.500. The fourth-order valence-electron chi connectivity index (χ4n) is 3.07. The van der Waals surface area contributed by atoms with Gasteiger partial charge in [0, 0.05) is 12.2 Å². The lowest BCUT2D eigenvalue weighted by molar-refractivity contribution is -0.142. The van der Waals surface area contributed by atoms with E-state index in [2.05, 4.69) is 28.6 Å². The lowest BCUT2D eigenvalue weighted by atomic mass is 10.0. The Morgan fingerprint density at radius 3 is 1.89 bits per heavy atom. The summed E-state index contributed by atoms with van der Waals surface area (Å²) < 4.78 is 0. The largest absolute Gasteiger partial charge is 0.508 e. The van der Waals surface area contributed by atoms with Crippen molar-refractivity contribution in [2.24, 2.45) is 11.7 Å². The quantitative estimate of drug-likeness (QED) is 0.147. The van der Waals surface area contributed by atoms with Crippen LogP contribution in [0, 0.1) is 5.92 Å². The summed E-state index contributed by atoms with van der Waals surface area (Å²) in [7, 11) is 0. The summed E-state index contributed by atoms with van der Waals surface area (Å²) >= 11 is 4.03. The maximum atomic E-state index is 13.0. The lowest BCUT2D eigenvalue weighted by Crippen LogP contribution is -2.58. The molecule has 12 nitrogen and oxygen atoms in total. The van der Waals surface area contributed by atoms with Gasteiger partial charge < -0.3 is 37.0 Å². The highest BCUT2D eigenvalue weighted by Gasteiger charge is 2.30. The average molecular weight is 513 g/mol. The van der Waals surface area contributed by atoms with Crippen molar-refractivity contribution in [1.82, 2.24) is 16.0 Å². The minimum absolute atomic E-state index is 0.00258. The maximum Gasteiger partial charge on any atom is 0.326 e. The first-order chi connectivity index (χ1) is 16.3. The third-order valence-corrected chi connectivity index (χ3v) is 5.24. The third-order valence-electron chi connectivity index (χ3n) is 4.88. The molecule has 1 rings (SSSR count). The smallest absolute Gasteiger partial charge is 0.326 e. The minimum Gasteiger partial charge on any atom is -0.508 e. The molecule has 0 heterocycles. The number of rotatable bonds is 14. The molecule has 13 heteroatoms. The molecule has 0 aliphatic carbocycles. The van der Waals surface area contributed by atoms with E-state index in [0.29, 0.717) is 5.56 Å². The summed E-state index contributed by atoms with van der Waals surface area (Å²) in [5.74, 6) is -5.18. The summed E-state index contributed by atoms with van der Waals surface area (Å²) in [5.41, 5.74) is 6.08. The molecule has 0 aliphatic heterocycles. The van der Waals surface area contributed by atoms with Gasteiger partial charge in [-0.3, -0.25) is 19.2 Å². The highest BCUT2D eigenvalue weighted by molar-refractivity contribution is 7.80. The van der Waals surface area contributed by atoms with Crippen molar-refractivity contribution in [3.63, 3.8) is 0 Å². The molecule has 35 heavy (non-hydrogen) atoms. The Labute approximate surface area is 208 Å². The van der Waals surface area contributed by atoms with Gasteiger partial charge in [-0.1, -0.05) is 26.0 Å². The normalized spacial score (nSPS) is 14.3. The Kier molecular flexibility index (Phi) is 12.0. The molecule has 0 aromatic heterocycles. The second kappa shape index (κ2) is 14.2. The molecule has 194 valence electrons. The molecule has 0 bridgehead atoms. The van der Waals surface area contributed by atoms with E-state index in [0.717, 1.165) is 0 Å². The first kappa shape index (κ1) is 29.7. The monoisotopic (exact) mass is 512 g/mol. The standard InChI is InChI=1S/C22H32N4O8S/c1-11(2)7-16(22(33)34)25-20(31)15(8-12-3-5-13(27)6-4-12)24-21(32)17(10-35)26-19(30)14(23)9-18(28)29/h3-6,11,14-17,27,35H,7-10,23H2,1-2H3,(H,24,32)(H,25,31)(H,26,30)(H,28,29)(H,33,34). The number of aliphatic carboxylic acids is 2. The number of nitrogens with two attached hydrogens (primary N) is 1. The second-order valence-corrected chi connectivity index (χ2v) is 8.77. The van der Waals surface area contributed by atoms with Crippen molar-refractivity contribution in [2.75, 3.05) is 5.75 Å². The van der Waals surface area contributed by atoms with Gasteiger partial charge in [0.15, 0.2) is 0 Å². The maximum absolute atomic E-state index is 13.0. The average Bonchev–Trinajstić information content (AvgIpc) is 2.76. The number of amides is 3. The Balaban J connectivity index is 3.05. The topological polar surface area (TPSA) is 208 Å². The molecule has 4 unspecified atom stereocenters. The zero-order valence-electron chi connectivity index (χ0n) is 19.4. The van der Waals surface area contributed by atoms with E-state index in [-0.39, 0.29) is 30.3 Å². The number of carbonyl (C=O) groups is 5. The number of carbonyl (C=O) groups excluding carboxylic acids is 3. The third kappa shape index (κ3) is 10.6. The van der Waals surface area contributed by atoms with Gasteiger partial charge >= 0.3 is 11.9 Å². The summed E-state index contributed by atoms with van der Waals surface area (Å²) in [6, 6.07) is 0.805. The molecule has 1 aromatic rings. The SMILES string of the molecule is CC(C)CC(NC(=O)C(Cc1ccc(O)cc1)NC(=O)C(CS)NC(=O)C(N)CC(=O)O)C(=O)O. The van der Waals surface area contributed by atoms with Crippen LogP contribution in [0.15, 0.2) is 24.3 Å². The van der Waals surface area contributed by atoms with Gasteiger partial charge in [-0.15, -0.1) is 0 Å². The van der Waals surface area contributed by atoms with E-state index in [1.807, 2.05) is 0 Å². The first-order valence-electron chi connectivity index (χ1n) is 10.8. The van der Waals surface area contributed by atoms with Crippen LogP contribution in [-0.4, -0.2) is 74.9 Å². The number of phenols is 1. The highest BCUT2D eigenvalue weighted by Crippen LogP contribution is 2.12. The van der Waals surface area contributed by atoms with Gasteiger partial charge in [0.05, 0.1) is 12.5 Å². The molecule has 0 spiro atoms. The van der Waals surface area contributed by atoms with Gasteiger partial charge in [0.1, 0.15) is 23.9 Å². The Morgan fingerprint density at radius 2 is 1.40 bits per heavy atom. The lowest BCUT2D eigenvalue weighted by Gasteiger charge is -2.25. The number of aromatic hydroxyl groups is 1. The van der Waals surface area contributed by atoms with Gasteiger partial charge in [-0.05, 0) is 30.0 Å². The molecule has 8 N–H and O–H groups in total. The Hall–Kier alpha value is -3.32. The summed E-state index contributed by atoms with van der Waals surface area (Å²) in [5, 5.41) is 34.9. The van der Waals surface area contributed by atoms with Crippen LogP contribution in [0.1, 0.15) is 32.3 Å². The van der Waals surface area contributed by atoms with E-state index in [4.69, 9.17) is 10.8 Å². The van der Waals surface area contributed by atoms with E-state index < -0.39 is 60.2 Å². The van der Waals surface area contributed by atoms with E-state index in [1.165, 1.54) is 24.3 Å². The van der Waals surface area contributed by atoms with Crippen LogP contribution < -0.4 is 21.7 Å². The van der Waals surface area contributed by atoms with Crippen molar-refractivity contribution in [2.45, 2.75) is 57.3 Å². The van der Waals surface area contributed by atoms with Crippen LogP contribution >= 0.6 is 12.6 Å². The van der Waals surface area contributed by atoms with Crippen LogP contribution in [0.4, 0.5) is 0 Å². The van der Waals surface area contributed by atoms with Crippen molar-refractivity contribution in [3.05, 3.63) is 29.8 Å². The predicted octanol–water partition coefficient (Wildman–Crippen LogP) is -0.748. The van der Waals surface area contributed by atoms with Crippen molar-refractivity contribution < 1.29 is 39.3 Å². The van der Waals surface area contributed by atoms with Crippen LogP contribution in [0.5, 0.6) is 5.75 Å². The zero-order valence-corrected chi connectivity index (χ0v) is 20.3. The molecule has 4 atom stereocenters. The molecule has 0 fully saturated rings. The summed E-state index contributed by atoms with van der Waals surface area (Å²) in [6.07, 6.45) is -0.527. The number of carboxylic acid groups (broad SMARTS) is 2. The number of hydrogen-bond acceptors (Lipinski definition) is 8. The molecule has 0 radical (unpaired) electrons. The van der Waals surface area contributed by atoms with Crippen molar-refractivity contribution in [3.8, 4) is 5.75 Å². The second-order valence-electron chi connectivity index (χ2n) is 8.41. The Bertz CT molecular complexity index is 909. The van der Waals surface area contributed by atoms with Gasteiger partial charge in [0.25, 0.3) is 0 Å². The molecule has 1 aromatic carbocycles. The molecule has 3 amide bonds. The van der Waals surface area contributed by atoms with Crippen molar-refractivity contribution in [1.29, 1.82) is 0 Å². The van der Waals surface area contributed by atoms with E-state index in [9.17, 15) is 34.2 Å². The number of carboxylic acids is 2. The van der Waals surface area contributed by atoms with Crippen molar-refractivity contribution >= 4 is 42.3 Å². The van der Waals surface area contributed by atoms with Crippen LogP contribution in [-0.2, 0) is 30.4 Å². The zero-order chi connectivity index (χ0) is 26.7. The Morgan fingerprint density at radius 1 is 0.886 bits per heavy atom. The van der Waals surface area contributed by atoms with Gasteiger partial charge in [0.2, 0.25) is 17.7 Å². The number of phenolic OH excluding ortho intramolecular Hbond substituents is 1. The van der Waals surface area contributed by atoms with E-state index >= 15 is 0 Å². The molecule has 0 aliphatic rings. The molecule has 0 saturated heterocycles. The summed E-state index contributed by atoms with van der Waals surface area (Å²) in [6.45, 7) is 3.60. The molecule has 0 saturated carbocycles. The first-order valence-corrected chi connectivity index (χ1v) is 11.5. The molecular weight excluding hydrogens is 480 g/mol. The number of thiol groups is 1. The molecular formula is C22H32N4O8S.